The maximum atomic E-state index is 11.8. The summed E-state index contributed by atoms with van der Waals surface area (Å²) >= 11 is 3.37. The number of halogens is 1. The lowest BCUT2D eigenvalue weighted by Crippen LogP contribution is -2.40. The van der Waals surface area contributed by atoms with Crippen LogP contribution in [0, 0.1) is 12.8 Å². The first-order valence-corrected chi connectivity index (χ1v) is 7.75. The zero-order chi connectivity index (χ0) is 15.8. The van der Waals surface area contributed by atoms with Gasteiger partial charge >= 0.3 is 6.03 Å². The van der Waals surface area contributed by atoms with Crippen LogP contribution in [0.15, 0.2) is 22.7 Å². The van der Waals surface area contributed by atoms with Gasteiger partial charge in [0.05, 0.1) is 6.54 Å². The van der Waals surface area contributed by atoms with E-state index in [-0.39, 0.29) is 18.5 Å². The highest BCUT2D eigenvalue weighted by Crippen LogP contribution is 2.19. The van der Waals surface area contributed by atoms with Gasteiger partial charge in [-0.2, -0.15) is 0 Å². The molecule has 0 radical (unpaired) electrons. The lowest BCUT2D eigenvalue weighted by atomic mass is 10.1. The molecule has 0 aliphatic carbocycles. The second kappa shape index (κ2) is 8.67. The molecule has 3 amide bonds. The molecule has 5 nitrogen and oxygen atoms in total. The summed E-state index contributed by atoms with van der Waals surface area (Å²) in [5, 5.41) is 8.02. The van der Waals surface area contributed by atoms with Crippen molar-refractivity contribution in [3.8, 4) is 0 Å². The van der Waals surface area contributed by atoms with Crippen LogP contribution in [-0.2, 0) is 4.79 Å². The van der Waals surface area contributed by atoms with Crippen LogP contribution in [0.1, 0.15) is 25.8 Å². The Morgan fingerprint density at radius 2 is 1.95 bits per heavy atom. The minimum absolute atomic E-state index is 0.0526. The van der Waals surface area contributed by atoms with Crippen molar-refractivity contribution < 1.29 is 9.59 Å². The van der Waals surface area contributed by atoms with E-state index in [1.165, 1.54) is 0 Å². The van der Waals surface area contributed by atoms with Gasteiger partial charge in [0.2, 0.25) is 5.91 Å². The topological polar surface area (TPSA) is 70.2 Å². The summed E-state index contributed by atoms with van der Waals surface area (Å²) in [7, 11) is 0. The van der Waals surface area contributed by atoms with Gasteiger partial charge in [0.15, 0.2) is 0 Å². The molecule has 0 spiro atoms. The van der Waals surface area contributed by atoms with Crippen molar-refractivity contribution in [3.63, 3.8) is 0 Å². The van der Waals surface area contributed by atoms with Gasteiger partial charge in [0.25, 0.3) is 0 Å². The third-order valence-corrected chi connectivity index (χ3v) is 3.37. The summed E-state index contributed by atoms with van der Waals surface area (Å²) in [5.74, 6) is 0.286. The molecule has 0 fully saturated rings. The summed E-state index contributed by atoms with van der Waals surface area (Å²) in [4.78, 5) is 23.3. The van der Waals surface area contributed by atoms with Gasteiger partial charge in [-0.25, -0.2) is 4.79 Å². The average Bonchev–Trinajstić information content (AvgIpc) is 2.39. The normalized spacial score (nSPS) is 10.3. The molecule has 21 heavy (non-hydrogen) atoms. The molecular formula is C15H22BrN3O2. The summed E-state index contributed by atoms with van der Waals surface area (Å²) in [5.41, 5.74) is 1.70. The average molecular weight is 356 g/mol. The Hall–Kier alpha value is -1.56. The molecule has 116 valence electrons. The van der Waals surface area contributed by atoms with Crippen molar-refractivity contribution in [1.82, 2.24) is 10.6 Å². The number of anilines is 1. The van der Waals surface area contributed by atoms with E-state index in [1.54, 1.807) is 0 Å². The van der Waals surface area contributed by atoms with E-state index in [4.69, 9.17) is 0 Å². The molecule has 3 N–H and O–H groups in total. The third-order valence-electron chi connectivity index (χ3n) is 2.88. The molecule has 0 aliphatic heterocycles. The highest BCUT2D eigenvalue weighted by molar-refractivity contribution is 9.10. The van der Waals surface area contributed by atoms with Gasteiger partial charge < -0.3 is 16.0 Å². The summed E-state index contributed by atoms with van der Waals surface area (Å²) in [6, 6.07) is 5.27. The number of hydrogen-bond acceptors (Lipinski definition) is 2. The monoisotopic (exact) mass is 355 g/mol. The van der Waals surface area contributed by atoms with E-state index >= 15 is 0 Å². The van der Waals surface area contributed by atoms with Crippen LogP contribution in [0.4, 0.5) is 10.5 Å². The summed E-state index contributed by atoms with van der Waals surface area (Å²) in [6.07, 6.45) is 0.914. The van der Waals surface area contributed by atoms with Crippen molar-refractivity contribution >= 4 is 33.6 Å². The number of nitrogens with one attached hydrogen (secondary N) is 3. The molecular weight excluding hydrogens is 334 g/mol. The number of aryl methyl sites for hydroxylation is 1. The Kier molecular flexibility index (Phi) is 7.22. The minimum Gasteiger partial charge on any atom is -0.338 e. The highest BCUT2D eigenvalue weighted by atomic mass is 79.9. The number of amides is 3. The van der Waals surface area contributed by atoms with Crippen molar-refractivity contribution in [1.29, 1.82) is 0 Å². The Morgan fingerprint density at radius 1 is 1.24 bits per heavy atom. The van der Waals surface area contributed by atoms with Crippen molar-refractivity contribution in [2.75, 3.05) is 18.4 Å². The quantitative estimate of drug-likeness (QED) is 0.733. The Morgan fingerprint density at radius 3 is 2.57 bits per heavy atom. The molecule has 0 saturated carbocycles. The molecule has 0 aromatic heterocycles. The SMILES string of the molecule is Cc1cc(Br)ccc1NC(=O)CNC(=O)NCCC(C)C. The summed E-state index contributed by atoms with van der Waals surface area (Å²) < 4.78 is 0.959. The second-order valence-electron chi connectivity index (χ2n) is 5.30. The first-order valence-electron chi connectivity index (χ1n) is 6.96. The first kappa shape index (κ1) is 17.5. The van der Waals surface area contributed by atoms with Gasteiger partial charge in [0.1, 0.15) is 0 Å². The van der Waals surface area contributed by atoms with Crippen molar-refractivity contribution in [2.45, 2.75) is 27.2 Å². The predicted octanol–water partition coefficient (Wildman–Crippen LogP) is 3.04. The van der Waals surface area contributed by atoms with E-state index in [2.05, 4.69) is 45.7 Å². The van der Waals surface area contributed by atoms with E-state index in [9.17, 15) is 9.59 Å². The van der Waals surface area contributed by atoms with Crippen LogP contribution >= 0.6 is 15.9 Å². The minimum atomic E-state index is -0.321. The van der Waals surface area contributed by atoms with E-state index < -0.39 is 0 Å². The molecule has 0 atom stereocenters. The number of carbonyl (C=O) groups excluding carboxylic acids is 2. The standard InChI is InChI=1S/C15H22BrN3O2/c1-10(2)6-7-17-15(21)18-9-14(20)19-13-5-4-12(16)8-11(13)3/h4-5,8,10H,6-7,9H2,1-3H3,(H,19,20)(H2,17,18,21). The zero-order valence-electron chi connectivity index (χ0n) is 12.6. The van der Waals surface area contributed by atoms with Gasteiger partial charge in [-0.1, -0.05) is 29.8 Å². The molecule has 1 aromatic rings. The Bertz CT molecular complexity index is 504. The van der Waals surface area contributed by atoms with E-state index in [0.717, 1.165) is 22.1 Å². The van der Waals surface area contributed by atoms with Gasteiger partial charge in [-0.15, -0.1) is 0 Å². The van der Waals surface area contributed by atoms with Gasteiger partial charge in [0, 0.05) is 16.7 Å². The van der Waals surface area contributed by atoms with E-state index in [0.29, 0.717) is 12.5 Å². The molecule has 6 heteroatoms. The van der Waals surface area contributed by atoms with Crippen molar-refractivity contribution in [3.05, 3.63) is 28.2 Å². The first-order chi connectivity index (χ1) is 9.88. The number of benzene rings is 1. The molecule has 1 rings (SSSR count). The van der Waals surface area contributed by atoms with Gasteiger partial charge in [-0.05, 0) is 43.0 Å². The largest absolute Gasteiger partial charge is 0.338 e. The number of carbonyl (C=O) groups is 2. The van der Waals surface area contributed by atoms with Crippen molar-refractivity contribution in [2.24, 2.45) is 5.92 Å². The van der Waals surface area contributed by atoms with Gasteiger partial charge in [-0.3, -0.25) is 4.79 Å². The van der Waals surface area contributed by atoms with Crippen LogP contribution in [0.2, 0.25) is 0 Å². The molecule has 0 bridgehead atoms. The van der Waals surface area contributed by atoms with Crippen LogP contribution in [0.25, 0.3) is 0 Å². The zero-order valence-corrected chi connectivity index (χ0v) is 14.2. The third kappa shape index (κ3) is 7.13. The lowest BCUT2D eigenvalue weighted by Gasteiger charge is -2.11. The highest BCUT2D eigenvalue weighted by Gasteiger charge is 2.07. The number of rotatable bonds is 6. The Labute approximate surface area is 134 Å². The van der Waals surface area contributed by atoms with Crippen LogP contribution < -0.4 is 16.0 Å². The second-order valence-corrected chi connectivity index (χ2v) is 6.22. The fourth-order valence-electron chi connectivity index (χ4n) is 1.66. The maximum absolute atomic E-state index is 11.8. The molecule has 0 heterocycles. The number of hydrogen-bond donors (Lipinski definition) is 3. The molecule has 0 saturated heterocycles. The van der Waals surface area contributed by atoms with Crippen LogP contribution in [0.5, 0.6) is 0 Å². The molecule has 1 aromatic carbocycles. The smallest absolute Gasteiger partial charge is 0.315 e. The molecule has 0 unspecified atom stereocenters. The van der Waals surface area contributed by atoms with Crippen LogP contribution in [0.3, 0.4) is 0 Å². The Balaban J connectivity index is 2.32. The maximum Gasteiger partial charge on any atom is 0.315 e. The van der Waals surface area contributed by atoms with E-state index in [1.807, 2.05) is 25.1 Å². The lowest BCUT2D eigenvalue weighted by molar-refractivity contribution is -0.115. The fourth-order valence-corrected chi connectivity index (χ4v) is 2.13. The summed E-state index contributed by atoms with van der Waals surface area (Å²) in [6.45, 7) is 6.65. The molecule has 0 aliphatic rings. The fraction of sp³-hybridized carbons (Fsp3) is 0.467. The predicted molar refractivity (Wildman–Crippen MR) is 88.4 cm³/mol. The number of urea groups is 1. The van der Waals surface area contributed by atoms with Crippen LogP contribution in [-0.4, -0.2) is 25.0 Å².